The number of nitro benzene ring substituents is 1. The molecule has 0 saturated heterocycles. The van der Waals surface area contributed by atoms with E-state index in [1.807, 2.05) is 55.7 Å². The maximum atomic E-state index is 12.8. The third-order valence-electron chi connectivity index (χ3n) is 4.67. The maximum absolute atomic E-state index is 12.8. The fraction of sp³-hybridized carbons (Fsp3) is 0.190. The van der Waals surface area contributed by atoms with Crippen LogP contribution in [0.2, 0.25) is 0 Å². The fourth-order valence-corrected chi connectivity index (χ4v) is 3.13. The Labute approximate surface area is 170 Å². The lowest BCUT2D eigenvalue weighted by atomic mass is 10.1. The summed E-state index contributed by atoms with van der Waals surface area (Å²) < 4.78 is 40.5. The summed E-state index contributed by atoms with van der Waals surface area (Å²) in [6, 6.07) is 12.2. The second kappa shape index (κ2) is 8.02. The zero-order valence-corrected chi connectivity index (χ0v) is 16.5. The van der Waals surface area contributed by atoms with Crippen molar-refractivity contribution in [2.45, 2.75) is 26.9 Å². The van der Waals surface area contributed by atoms with E-state index in [-0.39, 0.29) is 5.69 Å². The van der Waals surface area contributed by atoms with Gasteiger partial charge >= 0.3 is 6.18 Å². The van der Waals surface area contributed by atoms with Crippen molar-refractivity contribution in [2.75, 3.05) is 5.43 Å². The van der Waals surface area contributed by atoms with Crippen LogP contribution in [0.5, 0.6) is 0 Å². The summed E-state index contributed by atoms with van der Waals surface area (Å²) in [5.41, 5.74) is 5.34. The molecule has 0 aliphatic heterocycles. The van der Waals surface area contributed by atoms with Crippen molar-refractivity contribution in [2.24, 2.45) is 5.10 Å². The Hall–Kier alpha value is -3.62. The van der Waals surface area contributed by atoms with Crippen LogP contribution in [-0.4, -0.2) is 15.7 Å². The number of halogens is 3. The van der Waals surface area contributed by atoms with Crippen molar-refractivity contribution in [3.63, 3.8) is 0 Å². The van der Waals surface area contributed by atoms with Crippen molar-refractivity contribution in [3.8, 4) is 5.69 Å². The minimum absolute atomic E-state index is 0.128. The molecule has 156 valence electrons. The molecular weight excluding hydrogens is 397 g/mol. The lowest BCUT2D eigenvalue weighted by molar-refractivity contribution is -0.384. The van der Waals surface area contributed by atoms with Crippen molar-refractivity contribution >= 4 is 17.6 Å². The molecule has 1 aromatic heterocycles. The Bertz CT molecular complexity index is 1120. The lowest BCUT2D eigenvalue weighted by Gasteiger charge is -2.10. The minimum Gasteiger partial charge on any atom is -0.318 e. The van der Waals surface area contributed by atoms with Crippen LogP contribution >= 0.6 is 0 Å². The Balaban J connectivity index is 1.87. The summed E-state index contributed by atoms with van der Waals surface area (Å²) in [6.45, 7) is 5.86. The first-order chi connectivity index (χ1) is 14.1. The van der Waals surface area contributed by atoms with E-state index >= 15 is 0 Å². The predicted octanol–water partition coefficient (Wildman–Crippen LogP) is 5.78. The maximum Gasteiger partial charge on any atom is 0.416 e. The van der Waals surface area contributed by atoms with Crippen LogP contribution in [0.4, 0.5) is 24.5 Å². The molecule has 0 saturated carbocycles. The molecule has 3 aromatic rings. The molecule has 0 aliphatic rings. The number of nitrogens with zero attached hydrogens (tertiary/aromatic N) is 3. The first kappa shape index (κ1) is 21.1. The summed E-state index contributed by atoms with van der Waals surface area (Å²) >= 11 is 0. The fourth-order valence-electron chi connectivity index (χ4n) is 3.13. The Morgan fingerprint density at radius 2 is 1.73 bits per heavy atom. The van der Waals surface area contributed by atoms with Crippen LogP contribution in [0.1, 0.15) is 28.1 Å². The van der Waals surface area contributed by atoms with Crippen LogP contribution in [0.3, 0.4) is 0 Å². The average Bonchev–Trinajstić information content (AvgIpc) is 2.95. The van der Waals surface area contributed by atoms with E-state index in [1.165, 1.54) is 6.21 Å². The molecule has 2 aromatic carbocycles. The number of nitrogens with one attached hydrogen (secondary N) is 1. The second-order valence-corrected chi connectivity index (χ2v) is 6.85. The number of aryl methyl sites for hydroxylation is 2. The van der Waals surface area contributed by atoms with Gasteiger partial charge in [-0.05, 0) is 51.1 Å². The van der Waals surface area contributed by atoms with Crippen LogP contribution in [-0.2, 0) is 6.18 Å². The molecule has 0 amide bonds. The van der Waals surface area contributed by atoms with E-state index in [0.29, 0.717) is 6.07 Å². The highest BCUT2D eigenvalue weighted by atomic mass is 19.4. The summed E-state index contributed by atoms with van der Waals surface area (Å²) in [6.07, 6.45) is -3.19. The summed E-state index contributed by atoms with van der Waals surface area (Å²) in [5.74, 6) is 0. The average molecular weight is 416 g/mol. The number of anilines is 1. The molecule has 0 radical (unpaired) electrons. The highest BCUT2D eigenvalue weighted by Crippen LogP contribution is 2.35. The zero-order valence-electron chi connectivity index (χ0n) is 16.5. The number of nitro groups is 1. The SMILES string of the molecule is Cc1ccc(-n2c(C)cc(/C=N/Nc3ccc(C(F)(F)F)cc3[N+](=O)[O-])c2C)cc1. The normalized spacial score (nSPS) is 11.8. The van der Waals surface area contributed by atoms with Gasteiger partial charge < -0.3 is 4.57 Å². The van der Waals surface area contributed by atoms with Crippen molar-refractivity contribution in [1.29, 1.82) is 0 Å². The van der Waals surface area contributed by atoms with E-state index in [4.69, 9.17) is 0 Å². The standard InChI is InChI=1S/C21H19F3N4O2/c1-13-4-7-18(8-5-13)27-14(2)10-16(15(27)3)12-25-26-19-9-6-17(21(22,23)24)11-20(19)28(29)30/h4-12,26H,1-3H3/b25-12+. The van der Waals surface area contributed by atoms with E-state index in [1.54, 1.807) is 0 Å². The third kappa shape index (κ3) is 4.35. The number of hydrazone groups is 1. The van der Waals surface area contributed by atoms with Gasteiger partial charge in [0, 0.05) is 28.7 Å². The van der Waals surface area contributed by atoms with Gasteiger partial charge in [0.25, 0.3) is 5.69 Å². The van der Waals surface area contributed by atoms with Gasteiger partial charge in [0.05, 0.1) is 16.7 Å². The lowest BCUT2D eigenvalue weighted by Crippen LogP contribution is -2.06. The second-order valence-electron chi connectivity index (χ2n) is 6.85. The first-order valence-corrected chi connectivity index (χ1v) is 8.98. The predicted molar refractivity (Wildman–Crippen MR) is 109 cm³/mol. The largest absolute Gasteiger partial charge is 0.416 e. The molecule has 0 spiro atoms. The minimum atomic E-state index is -4.67. The van der Waals surface area contributed by atoms with Crippen molar-refractivity contribution in [1.82, 2.24) is 4.57 Å². The molecule has 1 N–H and O–H groups in total. The van der Waals surface area contributed by atoms with Gasteiger partial charge in [0.15, 0.2) is 0 Å². The van der Waals surface area contributed by atoms with Gasteiger partial charge in [-0.2, -0.15) is 18.3 Å². The Kier molecular flexibility index (Phi) is 5.64. The van der Waals surface area contributed by atoms with E-state index in [9.17, 15) is 23.3 Å². The van der Waals surface area contributed by atoms with Crippen molar-refractivity contribution < 1.29 is 18.1 Å². The molecule has 0 fully saturated rings. The van der Waals surface area contributed by atoms with Gasteiger partial charge in [-0.3, -0.25) is 15.5 Å². The van der Waals surface area contributed by atoms with Gasteiger partial charge in [-0.15, -0.1) is 0 Å². The molecule has 0 bridgehead atoms. The number of alkyl halides is 3. The number of hydrogen-bond acceptors (Lipinski definition) is 4. The van der Waals surface area contributed by atoms with Gasteiger partial charge in [0.1, 0.15) is 5.69 Å². The molecule has 3 rings (SSSR count). The molecule has 6 nitrogen and oxygen atoms in total. The molecule has 0 aliphatic carbocycles. The van der Waals surface area contributed by atoms with Crippen LogP contribution in [0.15, 0.2) is 53.6 Å². The summed E-state index contributed by atoms with van der Waals surface area (Å²) in [7, 11) is 0. The number of hydrogen-bond donors (Lipinski definition) is 1. The van der Waals surface area contributed by atoms with Gasteiger partial charge in [-0.25, -0.2) is 0 Å². The first-order valence-electron chi connectivity index (χ1n) is 8.98. The smallest absolute Gasteiger partial charge is 0.318 e. The molecule has 1 heterocycles. The van der Waals surface area contributed by atoms with Crippen LogP contribution in [0.25, 0.3) is 5.69 Å². The molecule has 9 heteroatoms. The third-order valence-corrected chi connectivity index (χ3v) is 4.67. The summed E-state index contributed by atoms with van der Waals surface area (Å²) in [4.78, 5) is 10.3. The number of rotatable bonds is 5. The van der Waals surface area contributed by atoms with Crippen molar-refractivity contribution in [3.05, 3.63) is 86.7 Å². The molecule has 30 heavy (non-hydrogen) atoms. The van der Waals surface area contributed by atoms with Gasteiger partial charge in [0.2, 0.25) is 0 Å². The van der Waals surface area contributed by atoms with E-state index in [0.717, 1.165) is 40.3 Å². The quantitative estimate of drug-likeness (QED) is 0.326. The Morgan fingerprint density at radius 1 is 1.07 bits per heavy atom. The van der Waals surface area contributed by atoms with Gasteiger partial charge in [-0.1, -0.05) is 17.7 Å². The number of benzene rings is 2. The zero-order chi connectivity index (χ0) is 22.1. The topological polar surface area (TPSA) is 72.5 Å². The summed E-state index contributed by atoms with van der Waals surface area (Å²) in [5, 5.41) is 15.2. The van der Waals surface area contributed by atoms with Crippen LogP contribution in [0, 0.1) is 30.9 Å². The molecular formula is C21H19F3N4O2. The molecule has 0 unspecified atom stereocenters. The van der Waals surface area contributed by atoms with E-state index < -0.39 is 22.4 Å². The van der Waals surface area contributed by atoms with E-state index in [2.05, 4.69) is 10.5 Å². The van der Waals surface area contributed by atoms with Crippen LogP contribution < -0.4 is 5.43 Å². The highest BCUT2D eigenvalue weighted by Gasteiger charge is 2.33. The Morgan fingerprint density at radius 3 is 2.33 bits per heavy atom. The highest BCUT2D eigenvalue weighted by molar-refractivity contribution is 5.83. The monoisotopic (exact) mass is 416 g/mol. The molecule has 0 atom stereocenters. The number of aromatic nitrogens is 1.